The van der Waals surface area contributed by atoms with Crippen LogP contribution in [0.1, 0.15) is 26.7 Å². The van der Waals surface area contributed by atoms with E-state index < -0.39 is 23.3 Å². The lowest BCUT2D eigenvalue weighted by Gasteiger charge is -2.33. The Labute approximate surface area is 116 Å². The highest BCUT2D eigenvalue weighted by Crippen LogP contribution is 2.27. The molecule has 0 radical (unpaired) electrons. The Kier molecular flexibility index (Phi) is 3.94. The van der Waals surface area contributed by atoms with E-state index in [0.29, 0.717) is 13.0 Å². The van der Waals surface area contributed by atoms with Crippen molar-refractivity contribution >= 4 is 11.7 Å². The van der Waals surface area contributed by atoms with Gasteiger partial charge in [-0.05, 0) is 38.8 Å². The van der Waals surface area contributed by atoms with Gasteiger partial charge in [0.05, 0.1) is 11.6 Å². The number of amides is 2. The van der Waals surface area contributed by atoms with Gasteiger partial charge in [-0.25, -0.2) is 13.6 Å². The average molecular weight is 284 g/mol. The fraction of sp³-hybridized carbons (Fsp3) is 0.500. The number of carbonyl (C=O) groups is 1. The number of benzene rings is 1. The zero-order valence-corrected chi connectivity index (χ0v) is 11.5. The number of likely N-dealkylation sites (tertiary alicyclic amines) is 1. The lowest BCUT2D eigenvalue weighted by Crippen LogP contribution is -2.49. The maximum atomic E-state index is 13.1. The molecule has 1 aromatic rings. The Bertz CT molecular complexity index is 514. The van der Waals surface area contributed by atoms with Gasteiger partial charge < -0.3 is 15.3 Å². The van der Waals surface area contributed by atoms with E-state index in [1.807, 2.05) is 0 Å². The van der Waals surface area contributed by atoms with E-state index in [0.717, 1.165) is 18.6 Å². The number of carbonyl (C=O) groups excluding carboxylic acids is 1. The molecule has 0 spiro atoms. The molecule has 1 fully saturated rings. The summed E-state index contributed by atoms with van der Waals surface area (Å²) in [6.07, 6.45) is 1.52. The molecule has 1 heterocycles. The molecule has 4 nitrogen and oxygen atoms in total. The zero-order valence-electron chi connectivity index (χ0n) is 11.5. The Morgan fingerprint density at radius 1 is 1.40 bits per heavy atom. The molecule has 1 aliphatic rings. The van der Waals surface area contributed by atoms with Gasteiger partial charge in [-0.1, -0.05) is 0 Å². The molecule has 1 unspecified atom stereocenters. The van der Waals surface area contributed by atoms with E-state index in [2.05, 4.69) is 5.32 Å². The fourth-order valence-electron chi connectivity index (χ4n) is 2.51. The maximum absolute atomic E-state index is 13.1. The summed E-state index contributed by atoms with van der Waals surface area (Å²) in [6, 6.07) is 2.49. The molecule has 20 heavy (non-hydrogen) atoms. The normalized spacial score (nSPS) is 19.2. The van der Waals surface area contributed by atoms with Gasteiger partial charge in [0.1, 0.15) is 0 Å². The van der Waals surface area contributed by atoms with Crippen LogP contribution in [-0.2, 0) is 0 Å². The number of nitrogens with one attached hydrogen (secondary N) is 1. The molecule has 0 aromatic heterocycles. The Morgan fingerprint density at radius 2 is 2.10 bits per heavy atom. The van der Waals surface area contributed by atoms with Crippen LogP contribution in [-0.4, -0.2) is 34.2 Å². The largest absolute Gasteiger partial charge is 0.388 e. The first-order chi connectivity index (χ1) is 9.29. The Hall–Kier alpha value is -1.69. The number of rotatable bonds is 2. The van der Waals surface area contributed by atoms with Crippen molar-refractivity contribution in [3.05, 3.63) is 29.8 Å². The number of anilines is 1. The van der Waals surface area contributed by atoms with Gasteiger partial charge in [-0.3, -0.25) is 0 Å². The molecule has 1 aromatic carbocycles. The minimum atomic E-state index is -1.01. The van der Waals surface area contributed by atoms with Gasteiger partial charge in [-0.15, -0.1) is 0 Å². The molecule has 1 atom stereocenters. The third kappa shape index (κ3) is 3.07. The number of hydrogen-bond acceptors (Lipinski definition) is 2. The van der Waals surface area contributed by atoms with Crippen LogP contribution < -0.4 is 5.32 Å². The van der Waals surface area contributed by atoms with Gasteiger partial charge in [0, 0.05) is 18.3 Å². The number of urea groups is 1. The summed E-state index contributed by atoms with van der Waals surface area (Å²) in [4.78, 5) is 13.7. The molecule has 0 saturated carbocycles. The summed E-state index contributed by atoms with van der Waals surface area (Å²) in [6.45, 7) is 3.84. The summed E-state index contributed by atoms with van der Waals surface area (Å²) in [5.41, 5.74) is -0.808. The standard InChI is InChI=1S/C14H18F2N2O2/c1-14(2,20)12-4-3-7-18(12)13(19)17-9-5-6-10(15)11(16)8-9/h5-6,8,12,20H,3-4,7H2,1-2H3,(H,17,19). The Balaban J connectivity index is 2.09. The van der Waals surface area contributed by atoms with Gasteiger partial charge in [0.15, 0.2) is 11.6 Å². The van der Waals surface area contributed by atoms with Gasteiger partial charge >= 0.3 is 6.03 Å². The van der Waals surface area contributed by atoms with E-state index in [1.54, 1.807) is 13.8 Å². The third-order valence-electron chi connectivity index (χ3n) is 3.50. The first kappa shape index (κ1) is 14.7. The SMILES string of the molecule is CC(C)(O)C1CCCN1C(=O)Nc1ccc(F)c(F)c1. The van der Waals surface area contributed by atoms with Crippen LogP contribution >= 0.6 is 0 Å². The molecule has 2 rings (SSSR count). The van der Waals surface area contributed by atoms with Gasteiger partial charge in [0.2, 0.25) is 0 Å². The van der Waals surface area contributed by atoms with E-state index in [1.165, 1.54) is 11.0 Å². The van der Waals surface area contributed by atoms with E-state index in [4.69, 9.17) is 0 Å². The van der Waals surface area contributed by atoms with Crippen molar-refractivity contribution in [1.82, 2.24) is 4.90 Å². The number of nitrogens with zero attached hydrogens (tertiary/aromatic N) is 1. The smallest absolute Gasteiger partial charge is 0.322 e. The first-order valence-electron chi connectivity index (χ1n) is 6.54. The van der Waals surface area contributed by atoms with Crippen LogP contribution in [0.4, 0.5) is 19.3 Å². The first-order valence-corrected chi connectivity index (χ1v) is 6.54. The van der Waals surface area contributed by atoms with Crippen molar-refractivity contribution < 1.29 is 18.7 Å². The lowest BCUT2D eigenvalue weighted by molar-refractivity contribution is 0.0117. The second kappa shape index (κ2) is 5.36. The average Bonchev–Trinajstić information content (AvgIpc) is 2.83. The van der Waals surface area contributed by atoms with Crippen LogP contribution in [0.25, 0.3) is 0 Å². The van der Waals surface area contributed by atoms with E-state index in [9.17, 15) is 18.7 Å². The lowest BCUT2D eigenvalue weighted by atomic mass is 9.97. The highest BCUT2D eigenvalue weighted by Gasteiger charge is 2.38. The second-order valence-electron chi connectivity index (χ2n) is 5.56. The summed E-state index contributed by atoms with van der Waals surface area (Å²) in [5, 5.41) is 12.6. The van der Waals surface area contributed by atoms with Crippen LogP contribution in [0, 0.1) is 11.6 Å². The van der Waals surface area contributed by atoms with Crippen molar-refractivity contribution in [2.75, 3.05) is 11.9 Å². The predicted octanol–water partition coefficient (Wildman–Crippen LogP) is 2.73. The topological polar surface area (TPSA) is 52.6 Å². The summed E-state index contributed by atoms with van der Waals surface area (Å²) in [5.74, 6) is -1.97. The van der Waals surface area contributed by atoms with Crippen molar-refractivity contribution in [3.8, 4) is 0 Å². The van der Waals surface area contributed by atoms with Crippen molar-refractivity contribution in [3.63, 3.8) is 0 Å². The summed E-state index contributed by atoms with van der Waals surface area (Å²) >= 11 is 0. The molecule has 1 aliphatic heterocycles. The monoisotopic (exact) mass is 284 g/mol. The molecule has 6 heteroatoms. The second-order valence-corrected chi connectivity index (χ2v) is 5.56. The molecule has 2 amide bonds. The van der Waals surface area contributed by atoms with Crippen LogP contribution in [0.5, 0.6) is 0 Å². The van der Waals surface area contributed by atoms with Gasteiger partial charge in [0.25, 0.3) is 0 Å². The van der Waals surface area contributed by atoms with Crippen molar-refractivity contribution in [1.29, 1.82) is 0 Å². The predicted molar refractivity (Wildman–Crippen MR) is 71.4 cm³/mol. The van der Waals surface area contributed by atoms with Crippen LogP contribution in [0.15, 0.2) is 18.2 Å². The van der Waals surface area contributed by atoms with Crippen LogP contribution in [0.3, 0.4) is 0 Å². The Morgan fingerprint density at radius 3 is 2.70 bits per heavy atom. The summed E-state index contributed by atoms with van der Waals surface area (Å²) in [7, 11) is 0. The summed E-state index contributed by atoms with van der Waals surface area (Å²) < 4.78 is 25.9. The molecule has 0 aliphatic carbocycles. The molecular weight excluding hydrogens is 266 g/mol. The van der Waals surface area contributed by atoms with E-state index in [-0.39, 0.29) is 11.7 Å². The number of halogens is 2. The maximum Gasteiger partial charge on any atom is 0.322 e. The van der Waals surface area contributed by atoms with Crippen molar-refractivity contribution in [2.24, 2.45) is 0 Å². The third-order valence-corrected chi connectivity index (χ3v) is 3.50. The van der Waals surface area contributed by atoms with E-state index >= 15 is 0 Å². The fourth-order valence-corrected chi connectivity index (χ4v) is 2.51. The van der Waals surface area contributed by atoms with Crippen molar-refractivity contribution in [2.45, 2.75) is 38.3 Å². The highest BCUT2D eigenvalue weighted by molar-refractivity contribution is 5.89. The minimum Gasteiger partial charge on any atom is -0.388 e. The number of aliphatic hydroxyl groups is 1. The highest BCUT2D eigenvalue weighted by atomic mass is 19.2. The molecule has 2 N–H and O–H groups in total. The zero-order chi connectivity index (χ0) is 14.9. The number of hydrogen-bond donors (Lipinski definition) is 2. The van der Waals surface area contributed by atoms with Gasteiger partial charge in [-0.2, -0.15) is 0 Å². The van der Waals surface area contributed by atoms with Crippen LogP contribution in [0.2, 0.25) is 0 Å². The molecule has 110 valence electrons. The molecular formula is C14H18F2N2O2. The quantitative estimate of drug-likeness (QED) is 0.877. The molecule has 1 saturated heterocycles. The molecule has 0 bridgehead atoms. The minimum absolute atomic E-state index is 0.190.